The molecule has 7 heteroatoms. The van der Waals surface area contributed by atoms with Crippen molar-refractivity contribution in [2.75, 3.05) is 6.54 Å². The summed E-state index contributed by atoms with van der Waals surface area (Å²) in [6.07, 6.45) is 0.188. The largest absolute Gasteiger partial charge is 0.355 e. The summed E-state index contributed by atoms with van der Waals surface area (Å²) in [6, 6.07) is 3.07. The number of amides is 1. The quantitative estimate of drug-likeness (QED) is 0.861. The summed E-state index contributed by atoms with van der Waals surface area (Å²) in [4.78, 5) is 12.6. The second-order valence-electron chi connectivity index (χ2n) is 6.74. The third kappa shape index (κ3) is 3.14. The highest BCUT2D eigenvalue weighted by Gasteiger charge is 2.64. The van der Waals surface area contributed by atoms with Crippen molar-refractivity contribution in [3.8, 4) is 0 Å². The van der Waals surface area contributed by atoms with Crippen molar-refractivity contribution in [2.24, 2.45) is 21.9 Å². The van der Waals surface area contributed by atoms with Crippen LogP contribution in [0.2, 0.25) is 0 Å². The molecule has 1 aliphatic carbocycles. The lowest BCUT2D eigenvalue weighted by Crippen LogP contribution is -2.28. The van der Waals surface area contributed by atoms with Gasteiger partial charge in [-0.1, -0.05) is 27.7 Å². The molecule has 2 rings (SSSR count). The fraction of sp³-hybridized carbons (Fsp3) is 0.643. The van der Waals surface area contributed by atoms with E-state index in [1.54, 1.807) is 6.07 Å². The van der Waals surface area contributed by atoms with E-state index < -0.39 is 10.0 Å². The smallest absolute Gasteiger partial charge is 0.247 e. The molecule has 1 heterocycles. The van der Waals surface area contributed by atoms with Gasteiger partial charge >= 0.3 is 0 Å². The van der Waals surface area contributed by atoms with Crippen molar-refractivity contribution in [1.29, 1.82) is 0 Å². The monoisotopic (exact) mass is 330 g/mol. The number of carbonyl (C=O) groups is 1. The number of nitrogens with two attached hydrogens (primary N) is 1. The third-order valence-electron chi connectivity index (χ3n) is 5.08. The number of rotatable bonds is 5. The molecule has 21 heavy (non-hydrogen) atoms. The fourth-order valence-corrected chi connectivity index (χ4v) is 4.66. The van der Waals surface area contributed by atoms with Crippen molar-refractivity contribution >= 4 is 27.3 Å². The molecule has 0 bridgehead atoms. The summed E-state index contributed by atoms with van der Waals surface area (Å²) < 4.78 is 22.5. The Bertz CT molecular complexity index is 646. The fourth-order valence-electron chi connectivity index (χ4n) is 2.89. The number of nitrogens with one attached hydrogen (secondary N) is 1. The SMILES string of the molecule is CC1(C)C(CNC(=O)Cc2ccc(S(N)(=O)=O)s2)C1(C)C. The van der Waals surface area contributed by atoms with E-state index in [2.05, 4.69) is 33.0 Å². The number of carbonyl (C=O) groups excluding carboxylic acids is 1. The van der Waals surface area contributed by atoms with Gasteiger partial charge in [0.05, 0.1) is 6.42 Å². The standard InChI is InChI=1S/C14H22N2O3S2/c1-13(2)10(14(13,3)4)8-16-11(17)7-9-5-6-12(20-9)21(15,18)19/h5-6,10H,7-8H2,1-4H3,(H,16,17)(H2,15,18,19). The van der Waals surface area contributed by atoms with Crippen molar-refractivity contribution in [3.05, 3.63) is 17.0 Å². The Morgan fingerprint density at radius 1 is 1.29 bits per heavy atom. The molecule has 0 spiro atoms. The van der Waals surface area contributed by atoms with Gasteiger partial charge in [0.15, 0.2) is 0 Å². The number of primary sulfonamides is 1. The first-order chi connectivity index (χ1) is 9.46. The van der Waals surface area contributed by atoms with Gasteiger partial charge in [0.2, 0.25) is 15.9 Å². The van der Waals surface area contributed by atoms with Crippen LogP contribution in [0.15, 0.2) is 16.3 Å². The zero-order valence-corrected chi connectivity index (χ0v) is 14.4. The average Bonchev–Trinajstić information content (AvgIpc) is 2.70. The van der Waals surface area contributed by atoms with Crippen LogP contribution in [0, 0.1) is 16.7 Å². The van der Waals surface area contributed by atoms with Gasteiger partial charge in [0.1, 0.15) is 4.21 Å². The molecular formula is C14H22N2O3S2. The van der Waals surface area contributed by atoms with Crippen LogP contribution in [0.5, 0.6) is 0 Å². The second kappa shape index (κ2) is 5.07. The van der Waals surface area contributed by atoms with E-state index in [-0.39, 0.29) is 27.4 Å². The molecule has 1 aromatic heterocycles. The minimum atomic E-state index is -3.68. The molecule has 0 aromatic carbocycles. The molecule has 1 fully saturated rings. The predicted octanol–water partition coefficient (Wildman–Crippen LogP) is 1.74. The Hall–Kier alpha value is -0.920. The zero-order chi connectivity index (χ0) is 16.1. The molecule has 1 saturated carbocycles. The van der Waals surface area contributed by atoms with Crippen LogP contribution in [0.3, 0.4) is 0 Å². The van der Waals surface area contributed by atoms with Crippen molar-refractivity contribution in [1.82, 2.24) is 5.32 Å². The maximum atomic E-state index is 11.9. The van der Waals surface area contributed by atoms with Crippen LogP contribution in [0.25, 0.3) is 0 Å². The highest BCUT2D eigenvalue weighted by molar-refractivity contribution is 7.91. The molecule has 0 aliphatic heterocycles. The van der Waals surface area contributed by atoms with Gasteiger partial charge in [-0.05, 0) is 28.9 Å². The molecule has 0 atom stereocenters. The van der Waals surface area contributed by atoms with Crippen LogP contribution < -0.4 is 10.5 Å². The summed E-state index contributed by atoms with van der Waals surface area (Å²) in [7, 11) is -3.68. The van der Waals surface area contributed by atoms with Gasteiger partial charge in [-0.15, -0.1) is 11.3 Å². The molecule has 0 radical (unpaired) electrons. The first kappa shape index (κ1) is 16.5. The molecule has 3 N–H and O–H groups in total. The summed E-state index contributed by atoms with van der Waals surface area (Å²) in [5.41, 5.74) is 0.480. The van der Waals surface area contributed by atoms with Gasteiger partial charge in [0.25, 0.3) is 0 Å². The van der Waals surface area contributed by atoms with E-state index in [1.165, 1.54) is 6.07 Å². The maximum Gasteiger partial charge on any atom is 0.247 e. The number of hydrogen-bond donors (Lipinski definition) is 2. The second-order valence-corrected chi connectivity index (χ2v) is 9.70. The summed E-state index contributed by atoms with van der Waals surface area (Å²) in [5.74, 6) is 0.383. The van der Waals surface area contributed by atoms with Crippen LogP contribution in [0.4, 0.5) is 0 Å². The lowest BCUT2D eigenvalue weighted by molar-refractivity contribution is -0.120. The minimum absolute atomic E-state index is 0.0867. The highest BCUT2D eigenvalue weighted by atomic mass is 32.2. The van der Waals surface area contributed by atoms with Crippen LogP contribution in [-0.4, -0.2) is 20.9 Å². The van der Waals surface area contributed by atoms with E-state index in [1.807, 2.05) is 0 Å². The third-order valence-corrected chi connectivity index (χ3v) is 7.60. The van der Waals surface area contributed by atoms with Crippen molar-refractivity contribution in [2.45, 2.75) is 38.3 Å². The van der Waals surface area contributed by atoms with E-state index >= 15 is 0 Å². The lowest BCUT2D eigenvalue weighted by Gasteiger charge is -2.05. The van der Waals surface area contributed by atoms with Gasteiger partial charge in [-0.2, -0.15) is 0 Å². The average molecular weight is 330 g/mol. The zero-order valence-electron chi connectivity index (χ0n) is 12.8. The molecule has 118 valence electrons. The first-order valence-electron chi connectivity index (χ1n) is 6.84. The van der Waals surface area contributed by atoms with Gasteiger partial charge in [-0.3, -0.25) is 4.79 Å². The van der Waals surface area contributed by atoms with Gasteiger partial charge in [0, 0.05) is 11.4 Å². The Labute approximate surface area is 130 Å². The van der Waals surface area contributed by atoms with Gasteiger partial charge < -0.3 is 5.32 Å². The molecule has 1 aliphatic rings. The number of sulfonamides is 1. The molecule has 0 unspecified atom stereocenters. The molecular weight excluding hydrogens is 308 g/mol. The Morgan fingerprint density at radius 2 is 1.86 bits per heavy atom. The lowest BCUT2D eigenvalue weighted by atomic mass is 10.0. The molecule has 1 amide bonds. The maximum absolute atomic E-state index is 11.9. The van der Waals surface area contributed by atoms with Gasteiger partial charge in [-0.25, -0.2) is 13.6 Å². The van der Waals surface area contributed by atoms with Crippen molar-refractivity contribution in [3.63, 3.8) is 0 Å². The first-order valence-corrected chi connectivity index (χ1v) is 9.21. The minimum Gasteiger partial charge on any atom is -0.355 e. The Kier molecular flexibility index (Phi) is 3.97. The molecule has 1 aromatic rings. The van der Waals surface area contributed by atoms with Crippen LogP contribution >= 0.6 is 11.3 Å². The molecule has 5 nitrogen and oxygen atoms in total. The summed E-state index contributed by atoms with van der Waals surface area (Å²) >= 11 is 1.04. The van der Waals surface area contributed by atoms with E-state index in [4.69, 9.17) is 5.14 Å². The Morgan fingerprint density at radius 3 is 2.29 bits per heavy atom. The number of thiophene rings is 1. The Balaban J connectivity index is 1.88. The molecule has 0 saturated heterocycles. The predicted molar refractivity (Wildman–Crippen MR) is 83.5 cm³/mol. The topological polar surface area (TPSA) is 89.3 Å². The van der Waals surface area contributed by atoms with Crippen LogP contribution in [0.1, 0.15) is 32.6 Å². The summed E-state index contributed by atoms with van der Waals surface area (Å²) in [6.45, 7) is 9.50. The van der Waals surface area contributed by atoms with Crippen molar-refractivity contribution < 1.29 is 13.2 Å². The van der Waals surface area contributed by atoms with Crippen LogP contribution in [-0.2, 0) is 21.2 Å². The highest BCUT2D eigenvalue weighted by Crippen LogP contribution is 2.67. The van der Waals surface area contributed by atoms with E-state index in [0.29, 0.717) is 17.3 Å². The van der Waals surface area contributed by atoms with E-state index in [0.717, 1.165) is 11.3 Å². The number of hydrogen-bond acceptors (Lipinski definition) is 4. The normalized spacial score (nSPS) is 20.2. The van der Waals surface area contributed by atoms with E-state index in [9.17, 15) is 13.2 Å². The summed E-state index contributed by atoms with van der Waals surface area (Å²) in [5, 5.41) is 7.99.